The Labute approximate surface area is 143 Å². The second-order valence-electron chi connectivity index (χ2n) is 7.45. The van der Waals surface area contributed by atoms with Crippen LogP contribution in [0, 0.1) is 10.8 Å². The van der Waals surface area contributed by atoms with Crippen LogP contribution >= 0.6 is 38.9 Å². The predicted octanol–water partition coefficient (Wildman–Crippen LogP) is 4.75. The molecule has 0 radical (unpaired) electrons. The average molecular weight is 413 g/mol. The van der Waals surface area contributed by atoms with Gasteiger partial charge in [-0.1, -0.05) is 32.4 Å². The Kier molecular flexibility index (Phi) is 3.82. The largest absolute Gasteiger partial charge is 0.252 e. The molecule has 7 heteroatoms. The molecule has 1 aromatic heterocycles. The van der Waals surface area contributed by atoms with Crippen LogP contribution in [0.2, 0.25) is 5.02 Å². The summed E-state index contributed by atoms with van der Waals surface area (Å²) in [4.78, 5) is 0. The molecule has 2 fully saturated rings. The number of sulfonamides is 1. The maximum atomic E-state index is 13.0. The van der Waals surface area contributed by atoms with Crippen LogP contribution in [0.1, 0.15) is 40.0 Å². The highest BCUT2D eigenvalue weighted by Crippen LogP contribution is 2.54. The zero-order chi connectivity index (χ0) is 15.6. The second kappa shape index (κ2) is 4.94. The van der Waals surface area contributed by atoms with Gasteiger partial charge in [0, 0.05) is 12.6 Å². The minimum atomic E-state index is -3.45. The van der Waals surface area contributed by atoms with E-state index in [-0.39, 0.29) is 16.9 Å². The summed E-state index contributed by atoms with van der Waals surface area (Å²) in [6.45, 7) is 7.32. The Morgan fingerprint density at radius 3 is 2.62 bits per heavy atom. The molecule has 2 atom stereocenters. The van der Waals surface area contributed by atoms with Crippen molar-refractivity contribution in [1.29, 1.82) is 0 Å². The molecule has 2 bridgehead atoms. The molecule has 1 aliphatic carbocycles. The Bertz CT molecular complexity index is 666. The first-order valence-electron chi connectivity index (χ1n) is 6.99. The summed E-state index contributed by atoms with van der Waals surface area (Å²) in [6, 6.07) is 1.67. The highest BCUT2D eigenvalue weighted by molar-refractivity contribution is 9.11. The smallest absolute Gasteiger partial charge is 0.206 e. The summed E-state index contributed by atoms with van der Waals surface area (Å²) in [7, 11) is -3.45. The Balaban J connectivity index is 1.98. The maximum Gasteiger partial charge on any atom is 0.252 e. The molecule has 2 heterocycles. The fourth-order valence-electron chi connectivity index (χ4n) is 4.26. The van der Waals surface area contributed by atoms with Crippen LogP contribution in [0.15, 0.2) is 14.1 Å². The molecule has 2 unspecified atom stereocenters. The molecule has 0 aromatic carbocycles. The molecule has 21 heavy (non-hydrogen) atoms. The number of rotatable bonds is 2. The normalized spacial score (nSPS) is 32.5. The summed E-state index contributed by atoms with van der Waals surface area (Å²) < 4.78 is 28.6. The number of thiophene rings is 1. The van der Waals surface area contributed by atoms with Crippen molar-refractivity contribution in [3.8, 4) is 0 Å². The minimum Gasteiger partial charge on any atom is -0.206 e. The molecule has 1 saturated carbocycles. The maximum absolute atomic E-state index is 13.0. The van der Waals surface area contributed by atoms with Crippen molar-refractivity contribution in [2.45, 2.75) is 50.3 Å². The van der Waals surface area contributed by atoms with E-state index in [0.29, 0.717) is 19.6 Å². The molecule has 2 aliphatic rings. The van der Waals surface area contributed by atoms with E-state index < -0.39 is 10.0 Å². The molecule has 1 aliphatic heterocycles. The van der Waals surface area contributed by atoms with Gasteiger partial charge in [0.05, 0.1) is 8.81 Å². The van der Waals surface area contributed by atoms with Crippen LogP contribution < -0.4 is 0 Å². The van der Waals surface area contributed by atoms with Gasteiger partial charge in [0.15, 0.2) is 0 Å². The first-order chi connectivity index (χ1) is 9.52. The fraction of sp³-hybridized carbons (Fsp3) is 0.714. The summed E-state index contributed by atoms with van der Waals surface area (Å²) in [6.07, 6.45) is 2.98. The van der Waals surface area contributed by atoms with Gasteiger partial charge in [-0.2, -0.15) is 4.31 Å². The molecule has 0 amide bonds. The lowest BCUT2D eigenvalue weighted by atomic mass is 9.65. The van der Waals surface area contributed by atoms with Crippen LogP contribution in [0.25, 0.3) is 0 Å². The molecule has 3 nitrogen and oxygen atoms in total. The lowest BCUT2D eigenvalue weighted by Gasteiger charge is -2.39. The lowest BCUT2D eigenvalue weighted by Crippen LogP contribution is -2.37. The van der Waals surface area contributed by atoms with Gasteiger partial charge < -0.3 is 0 Å². The molecule has 0 spiro atoms. The van der Waals surface area contributed by atoms with Crippen LogP contribution in [0.5, 0.6) is 0 Å². The quantitative estimate of drug-likeness (QED) is 0.702. The van der Waals surface area contributed by atoms with E-state index in [2.05, 4.69) is 36.7 Å². The van der Waals surface area contributed by atoms with Crippen molar-refractivity contribution < 1.29 is 8.42 Å². The Hall–Kier alpha value is 0.380. The predicted molar refractivity (Wildman–Crippen MR) is 90.4 cm³/mol. The highest BCUT2D eigenvalue weighted by Gasteiger charge is 2.53. The van der Waals surface area contributed by atoms with E-state index in [1.54, 1.807) is 10.4 Å². The van der Waals surface area contributed by atoms with Gasteiger partial charge >= 0.3 is 0 Å². The van der Waals surface area contributed by atoms with E-state index in [9.17, 15) is 8.42 Å². The number of hydrogen-bond acceptors (Lipinski definition) is 3. The number of halogens is 2. The van der Waals surface area contributed by atoms with Crippen molar-refractivity contribution >= 4 is 48.9 Å². The van der Waals surface area contributed by atoms with Gasteiger partial charge in [0.1, 0.15) is 4.21 Å². The van der Waals surface area contributed by atoms with E-state index >= 15 is 0 Å². The first-order valence-corrected chi connectivity index (χ1v) is 10.4. The van der Waals surface area contributed by atoms with Crippen molar-refractivity contribution in [2.75, 3.05) is 6.54 Å². The lowest BCUT2D eigenvalue weighted by molar-refractivity contribution is 0.133. The van der Waals surface area contributed by atoms with Gasteiger partial charge in [-0.3, -0.25) is 0 Å². The first kappa shape index (κ1) is 16.2. The second-order valence-corrected chi connectivity index (χ2v) is 12.3. The monoisotopic (exact) mass is 411 g/mol. The third-order valence-electron chi connectivity index (χ3n) is 4.55. The summed E-state index contributed by atoms with van der Waals surface area (Å²) >= 11 is 10.5. The Morgan fingerprint density at radius 2 is 2.05 bits per heavy atom. The van der Waals surface area contributed by atoms with Gasteiger partial charge in [0.2, 0.25) is 0 Å². The molecule has 0 N–H and O–H groups in total. The van der Waals surface area contributed by atoms with Crippen LogP contribution in [0.3, 0.4) is 0 Å². The summed E-state index contributed by atoms with van der Waals surface area (Å²) in [5.74, 6) is 0. The van der Waals surface area contributed by atoms with Crippen molar-refractivity contribution in [2.24, 2.45) is 10.8 Å². The van der Waals surface area contributed by atoms with E-state index in [1.165, 1.54) is 11.3 Å². The van der Waals surface area contributed by atoms with E-state index in [4.69, 9.17) is 11.6 Å². The summed E-state index contributed by atoms with van der Waals surface area (Å²) in [5.41, 5.74) is 0.299. The Morgan fingerprint density at radius 1 is 1.38 bits per heavy atom. The zero-order valence-electron chi connectivity index (χ0n) is 12.3. The minimum absolute atomic E-state index is 0.0950. The van der Waals surface area contributed by atoms with Gasteiger partial charge in [0.25, 0.3) is 10.0 Å². The van der Waals surface area contributed by atoms with Gasteiger partial charge in [-0.05, 0) is 52.1 Å². The van der Waals surface area contributed by atoms with Gasteiger partial charge in [-0.25, -0.2) is 8.42 Å². The molecule has 1 aromatic rings. The van der Waals surface area contributed by atoms with E-state index in [1.807, 2.05) is 0 Å². The molecular weight excluding hydrogens is 394 g/mol. The van der Waals surface area contributed by atoms with Crippen molar-refractivity contribution in [1.82, 2.24) is 4.31 Å². The topological polar surface area (TPSA) is 37.4 Å². The van der Waals surface area contributed by atoms with Crippen LogP contribution in [0.4, 0.5) is 0 Å². The number of nitrogens with zero attached hydrogens (tertiary/aromatic N) is 1. The molecular formula is C14H19BrClNO2S2. The molecule has 1 saturated heterocycles. The SMILES string of the molecule is CC1(C)CC2CC(C)(CN2S(=O)(=O)c2cc(Cl)c(Br)s2)C1. The zero-order valence-corrected chi connectivity index (χ0v) is 16.3. The number of fused-ring (bicyclic) bond motifs is 2. The van der Waals surface area contributed by atoms with E-state index in [0.717, 1.165) is 19.3 Å². The summed E-state index contributed by atoms with van der Waals surface area (Å²) in [5, 5.41) is 0.465. The highest BCUT2D eigenvalue weighted by atomic mass is 79.9. The molecule has 3 rings (SSSR count). The number of hydrogen-bond donors (Lipinski definition) is 0. The average Bonchev–Trinajstić information content (AvgIpc) is 2.76. The van der Waals surface area contributed by atoms with Crippen molar-refractivity contribution in [3.05, 3.63) is 14.9 Å². The van der Waals surface area contributed by atoms with Gasteiger partial charge in [-0.15, -0.1) is 11.3 Å². The molecule has 118 valence electrons. The van der Waals surface area contributed by atoms with Crippen LogP contribution in [-0.2, 0) is 10.0 Å². The third kappa shape index (κ3) is 2.82. The van der Waals surface area contributed by atoms with Crippen LogP contribution in [-0.4, -0.2) is 25.3 Å². The van der Waals surface area contributed by atoms with Crippen molar-refractivity contribution in [3.63, 3.8) is 0 Å². The fourth-order valence-corrected chi connectivity index (χ4v) is 8.56. The third-order valence-corrected chi connectivity index (χ3v) is 9.37. The standard InChI is InChI=1S/C14H19BrClNO2S2/c1-13(2)5-9-6-14(3,7-13)8-17(9)21(18,19)11-4-10(16)12(15)20-11/h4,9H,5-8H2,1-3H3.